The quantitative estimate of drug-likeness (QED) is 0.558. The van der Waals surface area contributed by atoms with Gasteiger partial charge in [-0.05, 0) is 41.1 Å². The topological polar surface area (TPSA) is 35.5 Å². The molecule has 0 saturated heterocycles. The van der Waals surface area contributed by atoms with Crippen molar-refractivity contribution in [2.24, 2.45) is 5.92 Å². The van der Waals surface area contributed by atoms with Crippen LogP contribution in [0.4, 0.5) is 0 Å². The summed E-state index contributed by atoms with van der Waals surface area (Å²) < 4.78 is 12.1. The fraction of sp³-hybridized carbons (Fsp3) is 0.458. The highest BCUT2D eigenvalue weighted by molar-refractivity contribution is 6.99. The van der Waals surface area contributed by atoms with E-state index in [0.29, 0.717) is 0 Å². The van der Waals surface area contributed by atoms with Crippen molar-refractivity contribution >= 4 is 24.7 Å². The van der Waals surface area contributed by atoms with Crippen LogP contribution in [0.15, 0.2) is 60.7 Å². The average molecular weight is 397 g/mol. The number of hydrogen-bond donors (Lipinski definition) is 0. The summed E-state index contributed by atoms with van der Waals surface area (Å²) in [6.07, 6.45) is 3.67. The van der Waals surface area contributed by atoms with Crippen molar-refractivity contribution in [3.05, 3.63) is 60.7 Å². The van der Waals surface area contributed by atoms with Gasteiger partial charge in [0.15, 0.2) is 0 Å². The van der Waals surface area contributed by atoms with E-state index in [1.165, 1.54) is 17.5 Å². The van der Waals surface area contributed by atoms with E-state index in [1.54, 1.807) is 0 Å². The first-order valence-corrected chi connectivity index (χ1v) is 12.2. The predicted molar refractivity (Wildman–Crippen MR) is 116 cm³/mol. The van der Waals surface area contributed by atoms with Crippen LogP contribution in [-0.4, -0.2) is 27.5 Å². The summed E-state index contributed by atoms with van der Waals surface area (Å²) in [4.78, 5) is 11.9. The Kier molecular flexibility index (Phi) is 6.41. The molecule has 1 aliphatic carbocycles. The maximum absolute atomic E-state index is 11.9. The van der Waals surface area contributed by atoms with Crippen LogP contribution in [0.1, 0.15) is 46.5 Å². The lowest BCUT2D eigenvalue weighted by Gasteiger charge is -2.46. The highest BCUT2D eigenvalue weighted by atomic mass is 28.4. The zero-order valence-corrected chi connectivity index (χ0v) is 18.5. The van der Waals surface area contributed by atoms with Crippen molar-refractivity contribution in [1.29, 1.82) is 0 Å². The summed E-state index contributed by atoms with van der Waals surface area (Å²) >= 11 is 0. The Bertz CT molecular complexity index is 720. The van der Waals surface area contributed by atoms with E-state index >= 15 is 0 Å². The molecule has 0 amide bonds. The van der Waals surface area contributed by atoms with E-state index in [-0.39, 0.29) is 23.0 Å². The van der Waals surface area contributed by atoms with Crippen molar-refractivity contribution in [3.8, 4) is 0 Å². The highest BCUT2D eigenvalue weighted by Crippen LogP contribution is 2.39. The van der Waals surface area contributed by atoms with Crippen LogP contribution in [0, 0.1) is 5.92 Å². The van der Waals surface area contributed by atoms with E-state index in [2.05, 4.69) is 81.4 Å². The molecule has 0 spiro atoms. The normalized spacial score (nSPS) is 20.6. The van der Waals surface area contributed by atoms with Crippen LogP contribution in [-0.2, 0) is 14.0 Å². The second-order valence-electron chi connectivity index (χ2n) is 8.78. The molecular formula is C24H32O3Si. The molecule has 0 radical (unpaired) electrons. The Morgan fingerprint density at radius 2 is 1.32 bits per heavy atom. The third-order valence-electron chi connectivity index (χ3n) is 5.97. The molecule has 150 valence electrons. The first kappa shape index (κ1) is 20.8. The van der Waals surface area contributed by atoms with Crippen molar-refractivity contribution in [2.75, 3.05) is 7.11 Å². The minimum atomic E-state index is -2.51. The van der Waals surface area contributed by atoms with E-state index in [1.807, 2.05) is 0 Å². The Morgan fingerprint density at radius 1 is 0.857 bits per heavy atom. The molecule has 3 rings (SSSR count). The van der Waals surface area contributed by atoms with Gasteiger partial charge in [0.25, 0.3) is 8.32 Å². The number of carbonyl (C=O) groups excluding carboxylic acids is 1. The van der Waals surface area contributed by atoms with Crippen molar-refractivity contribution in [3.63, 3.8) is 0 Å². The summed E-state index contributed by atoms with van der Waals surface area (Å²) in [5, 5.41) is 2.60. The first-order valence-electron chi connectivity index (χ1n) is 10.2. The molecule has 0 bridgehead atoms. The lowest BCUT2D eigenvalue weighted by Crippen LogP contribution is -2.67. The summed E-state index contributed by atoms with van der Waals surface area (Å²) in [6.45, 7) is 6.91. The van der Waals surface area contributed by atoms with Crippen LogP contribution >= 0.6 is 0 Å². The minimum absolute atomic E-state index is 0.0176. The maximum Gasteiger partial charge on any atom is 0.308 e. The van der Waals surface area contributed by atoms with Gasteiger partial charge in [-0.3, -0.25) is 4.79 Å². The van der Waals surface area contributed by atoms with Gasteiger partial charge in [0.1, 0.15) is 0 Å². The second-order valence-corrected chi connectivity index (χ2v) is 13.0. The van der Waals surface area contributed by atoms with Crippen LogP contribution in [0.3, 0.4) is 0 Å². The van der Waals surface area contributed by atoms with Crippen LogP contribution < -0.4 is 10.4 Å². The van der Waals surface area contributed by atoms with Gasteiger partial charge in [-0.25, -0.2) is 0 Å². The molecule has 2 aromatic carbocycles. The van der Waals surface area contributed by atoms with Gasteiger partial charge in [-0.15, -0.1) is 0 Å². The molecule has 0 N–H and O–H groups in total. The Morgan fingerprint density at radius 3 is 1.71 bits per heavy atom. The molecule has 1 aliphatic rings. The number of rotatable bonds is 5. The Labute approximate surface area is 170 Å². The zero-order chi connectivity index (χ0) is 20.2. The molecule has 3 nitrogen and oxygen atoms in total. The number of benzene rings is 2. The van der Waals surface area contributed by atoms with Gasteiger partial charge in [0.05, 0.1) is 13.0 Å². The number of hydrogen-bond acceptors (Lipinski definition) is 3. The molecule has 0 unspecified atom stereocenters. The largest absolute Gasteiger partial charge is 0.469 e. The Hall–Kier alpha value is -1.91. The van der Waals surface area contributed by atoms with Gasteiger partial charge in [-0.1, -0.05) is 81.4 Å². The number of esters is 1. The van der Waals surface area contributed by atoms with Gasteiger partial charge in [0, 0.05) is 6.10 Å². The smallest absolute Gasteiger partial charge is 0.308 e. The maximum atomic E-state index is 11.9. The molecule has 1 saturated carbocycles. The van der Waals surface area contributed by atoms with Gasteiger partial charge >= 0.3 is 5.97 Å². The standard InChI is InChI=1S/C24H32O3Si/c1-24(2,3)28(21-11-7-5-8-12-21,22-13-9-6-10-14-22)27-20-17-15-19(16-18-20)23(25)26-4/h5-14,19-20H,15-18H2,1-4H3. The number of methoxy groups -OCH3 is 1. The van der Waals surface area contributed by atoms with Crippen LogP contribution in [0.25, 0.3) is 0 Å². The summed E-state index contributed by atoms with van der Waals surface area (Å²) in [6, 6.07) is 21.5. The van der Waals surface area contributed by atoms with E-state index < -0.39 is 8.32 Å². The second kappa shape index (κ2) is 8.62. The number of carbonyl (C=O) groups is 1. The van der Waals surface area contributed by atoms with E-state index in [4.69, 9.17) is 9.16 Å². The van der Waals surface area contributed by atoms with Gasteiger partial charge in [0.2, 0.25) is 0 Å². The minimum Gasteiger partial charge on any atom is -0.469 e. The van der Waals surface area contributed by atoms with Gasteiger partial charge in [-0.2, -0.15) is 0 Å². The zero-order valence-electron chi connectivity index (χ0n) is 17.5. The van der Waals surface area contributed by atoms with E-state index in [0.717, 1.165) is 25.7 Å². The molecular weight excluding hydrogens is 364 g/mol. The molecule has 0 atom stereocenters. The van der Waals surface area contributed by atoms with Crippen molar-refractivity contribution < 1.29 is 14.0 Å². The van der Waals surface area contributed by atoms with E-state index in [9.17, 15) is 4.79 Å². The third-order valence-corrected chi connectivity index (χ3v) is 11.1. The first-order chi connectivity index (χ1) is 13.4. The van der Waals surface area contributed by atoms with Crippen LogP contribution in [0.2, 0.25) is 5.04 Å². The van der Waals surface area contributed by atoms with Crippen molar-refractivity contribution in [2.45, 2.75) is 57.6 Å². The monoisotopic (exact) mass is 396 g/mol. The summed E-state index contributed by atoms with van der Waals surface area (Å²) in [5.74, 6) is -0.0621. The molecule has 0 heterocycles. The predicted octanol–water partition coefficient (Wildman–Crippen LogP) is 4.29. The molecule has 1 fully saturated rings. The SMILES string of the molecule is COC(=O)C1CCC(O[Si](c2ccccc2)(c2ccccc2)C(C)(C)C)CC1. The summed E-state index contributed by atoms with van der Waals surface area (Å²) in [5.41, 5.74) is 0. The lowest BCUT2D eigenvalue weighted by atomic mass is 9.88. The van der Waals surface area contributed by atoms with Crippen molar-refractivity contribution in [1.82, 2.24) is 0 Å². The van der Waals surface area contributed by atoms with Crippen LogP contribution in [0.5, 0.6) is 0 Å². The average Bonchev–Trinajstić information content (AvgIpc) is 2.72. The molecule has 4 heteroatoms. The molecule has 0 aromatic heterocycles. The third kappa shape index (κ3) is 4.08. The lowest BCUT2D eigenvalue weighted by molar-refractivity contribution is -0.147. The fourth-order valence-corrected chi connectivity index (χ4v) is 9.27. The highest BCUT2D eigenvalue weighted by Gasteiger charge is 2.51. The molecule has 2 aromatic rings. The van der Waals surface area contributed by atoms with Gasteiger partial charge < -0.3 is 9.16 Å². The molecule has 0 aliphatic heterocycles. The number of ether oxygens (including phenoxy) is 1. The molecule has 28 heavy (non-hydrogen) atoms. The fourth-order valence-electron chi connectivity index (χ4n) is 4.52. The summed E-state index contributed by atoms with van der Waals surface area (Å²) in [7, 11) is -1.03. The Balaban J connectivity index is 1.97.